The SMILES string of the molecule is C=C(N(C(=NC)C1CC1)C1CC1)C1(c2ccc(Cl)cc2)CC(F)C1. The molecule has 2 nitrogen and oxygen atoms in total. The van der Waals surface area contributed by atoms with Crippen LogP contribution in [0.1, 0.15) is 44.1 Å². The first-order chi connectivity index (χ1) is 11.5. The van der Waals surface area contributed by atoms with E-state index in [1.807, 2.05) is 31.3 Å². The van der Waals surface area contributed by atoms with E-state index in [9.17, 15) is 4.39 Å². The summed E-state index contributed by atoms with van der Waals surface area (Å²) < 4.78 is 14.0. The van der Waals surface area contributed by atoms with Crippen LogP contribution in [0.4, 0.5) is 4.39 Å². The van der Waals surface area contributed by atoms with Gasteiger partial charge in [-0.3, -0.25) is 4.99 Å². The number of benzene rings is 1. The molecule has 0 amide bonds. The van der Waals surface area contributed by atoms with E-state index < -0.39 is 6.17 Å². The fourth-order valence-corrected chi connectivity index (χ4v) is 4.17. The summed E-state index contributed by atoms with van der Waals surface area (Å²) in [5.74, 6) is 1.73. The van der Waals surface area contributed by atoms with Gasteiger partial charge in [-0.2, -0.15) is 0 Å². The van der Waals surface area contributed by atoms with E-state index in [-0.39, 0.29) is 5.41 Å². The maximum absolute atomic E-state index is 14.0. The van der Waals surface area contributed by atoms with Crippen molar-refractivity contribution in [2.75, 3.05) is 7.05 Å². The van der Waals surface area contributed by atoms with Crippen molar-refractivity contribution in [3.05, 3.63) is 47.1 Å². The minimum Gasteiger partial charge on any atom is -0.330 e. The molecule has 0 unspecified atom stereocenters. The van der Waals surface area contributed by atoms with Gasteiger partial charge in [-0.1, -0.05) is 30.3 Å². The average molecular weight is 347 g/mol. The Morgan fingerprint density at radius 2 is 1.83 bits per heavy atom. The summed E-state index contributed by atoms with van der Waals surface area (Å²) >= 11 is 6.05. The molecule has 4 rings (SSSR count). The number of allylic oxidation sites excluding steroid dienone is 1. The third-order valence-corrected chi connectivity index (χ3v) is 5.96. The molecule has 0 spiro atoms. The van der Waals surface area contributed by atoms with Gasteiger partial charge in [-0.25, -0.2) is 4.39 Å². The van der Waals surface area contributed by atoms with Crippen molar-refractivity contribution in [3.63, 3.8) is 0 Å². The smallest absolute Gasteiger partial charge is 0.106 e. The zero-order valence-corrected chi connectivity index (χ0v) is 14.9. The standard InChI is InChI=1S/C20H24ClFN2/c1-13(24(18-9-10-18)19(23-2)14-3-4-14)20(11-17(22)12-20)15-5-7-16(21)8-6-15/h5-8,14,17-18H,1,3-4,9-12H2,2H3. The van der Waals surface area contributed by atoms with Crippen LogP contribution >= 0.6 is 11.6 Å². The first-order valence-corrected chi connectivity index (χ1v) is 9.28. The van der Waals surface area contributed by atoms with Gasteiger partial charge in [0.15, 0.2) is 0 Å². The number of hydrogen-bond acceptors (Lipinski definition) is 1. The maximum atomic E-state index is 14.0. The van der Waals surface area contributed by atoms with E-state index in [4.69, 9.17) is 11.6 Å². The predicted octanol–water partition coefficient (Wildman–Crippen LogP) is 5.13. The molecule has 0 N–H and O–H groups in total. The molecule has 3 aliphatic rings. The van der Waals surface area contributed by atoms with Crippen molar-refractivity contribution in [2.24, 2.45) is 10.9 Å². The van der Waals surface area contributed by atoms with E-state index in [2.05, 4.69) is 16.5 Å². The lowest BCUT2D eigenvalue weighted by atomic mass is 9.61. The summed E-state index contributed by atoms with van der Waals surface area (Å²) in [6.07, 6.45) is 5.06. The lowest BCUT2D eigenvalue weighted by molar-refractivity contribution is 0.103. The van der Waals surface area contributed by atoms with Gasteiger partial charge in [0.25, 0.3) is 0 Å². The van der Waals surface area contributed by atoms with Crippen molar-refractivity contribution in [1.82, 2.24) is 4.90 Å². The number of rotatable bonds is 5. The first-order valence-electron chi connectivity index (χ1n) is 8.90. The second-order valence-electron chi connectivity index (χ2n) is 7.50. The highest BCUT2D eigenvalue weighted by atomic mass is 35.5. The molecular formula is C20H24ClFN2. The molecule has 3 aliphatic carbocycles. The quantitative estimate of drug-likeness (QED) is 0.533. The van der Waals surface area contributed by atoms with Crippen LogP contribution in [-0.2, 0) is 5.41 Å². The number of aliphatic imine (C=N–C) groups is 1. The van der Waals surface area contributed by atoms with E-state index in [1.54, 1.807) is 0 Å². The van der Waals surface area contributed by atoms with Crippen molar-refractivity contribution in [2.45, 2.75) is 56.2 Å². The van der Waals surface area contributed by atoms with Crippen LogP contribution in [0.2, 0.25) is 5.02 Å². The molecule has 3 saturated carbocycles. The van der Waals surface area contributed by atoms with Crippen LogP contribution in [-0.4, -0.2) is 30.0 Å². The largest absolute Gasteiger partial charge is 0.330 e. The Kier molecular flexibility index (Phi) is 3.95. The first kappa shape index (κ1) is 16.1. The zero-order valence-electron chi connectivity index (χ0n) is 14.1. The van der Waals surface area contributed by atoms with Crippen LogP contribution in [0.15, 0.2) is 41.5 Å². The molecule has 0 aromatic heterocycles. The van der Waals surface area contributed by atoms with Crippen LogP contribution in [0.5, 0.6) is 0 Å². The highest BCUT2D eigenvalue weighted by Gasteiger charge is 2.53. The van der Waals surface area contributed by atoms with Gasteiger partial charge in [0.05, 0.1) is 0 Å². The number of amidine groups is 1. The molecule has 0 saturated heterocycles. The molecule has 0 radical (unpaired) electrons. The van der Waals surface area contributed by atoms with Crippen LogP contribution in [0, 0.1) is 5.92 Å². The summed E-state index contributed by atoms with van der Waals surface area (Å²) in [5, 5.41) is 0.712. The molecule has 0 bridgehead atoms. The van der Waals surface area contributed by atoms with Crippen molar-refractivity contribution >= 4 is 17.4 Å². The monoisotopic (exact) mass is 346 g/mol. The van der Waals surface area contributed by atoms with Crippen LogP contribution < -0.4 is 0 Å². The minimum absolute atomic E-state index is 0.308. The second-order valence-corrected chi connectivity index (χ2v) is 7.93. The van der Waals surface area contributed by atoms with Gasteiger partial charge in [0, 0.05) is 35.1 Å². The highest BCUT2D eigenvalue weighted by Crippen LogP contribution is 2.53. The highest BCUT2D eigenvalue weighted by molar-refractivity contribution is 6.30. The summed E-state index contributed by atoms with van der Waals surface area (Å²) in [4.78, 5) is 6.96. The Bertz CT molecular complexity index is 667. The predicted molar refractivity (Wildman–Crippen MR) is 97.3 cm³/mol. The molecule has 0 heterocycles. The molecule has 128 valence electrons. The fourth-order valence-electron chi connectivity index (χ4n) is 4.04. The second kappa shape index (κ2) is 5.87. The van der Waals surface area contributed by atoms with Crippen molar-refractivity contribution in [3.8, 4) is 0 Å². The topological polar surface area (TPSA) is 15.6 Å². The molecule has 0 aliphatic heterocycles. The van der Waals surface area contributed by atoms with Gasteiger partial charge in [-0.05, 0) is 56.2 Å². The zero-order chi connectivity index (χ0) is 16.9. The van der Waals surface area contributed by atoms with Crippen molar-refractivity contribution in [1.29, 1.82) is 0 Å². The molecule has 24 heavy (non-hydrogen) atoms. The van der Waals surface area contributed by atoms with E-state index in [1.165, 1.54) is 25.7 Å². The fraction of sp³-hybridized carbons (Fsp3) is 0.550. The summed E-state index contributed by atoms with van der Waals surface area (Å²) in [7, 11) is 1.88. The van der Waals surface area contributed by atoms with Crippen LogP contribution in [0.25, 0.3) is 0 Å². The van der Waals surface area contributed by atoms with Crippen molar-refractivity contribution < 1.29 is 4.39 Å². The molecule has 0 atom stereocenters. The van der Waals surface area contributed by atoms with Gasteiger partial charge in [0.2, 0.25) is 0 Å². The number of halogens is 2. The molecule has 1 aromatic rings. The summed E-state index contributed by atoms with van der Waals surface area (Å²) in [6, 6.07) is 8.36. The van der Waals surface area contributed by atoms with E-state index in [0.29, 0.717) is 29.8 Å². The molecular weight excluding hydrogens is 323 g/mol. The third kappa shape index (κ3) is 2.67. The Labute approximate surface area is 148 Å². The lowest BCUT2D eigenvalue weighted by Crippen LogP contribution is -2.51. The Morgan fingerprint density at radius 3 is 2.29 bits per heavy atom. The number of hydrogen-bond donors (Lipinski definition) is 0. The number of nitrogens with zero attached hydrogens (tertiary/aromatic N) is 2. The van der Waals surface area contributed by atoms with Gasteiger partial charge in [-0.15, -0.1) is 0 Å². The lowest BCUT2D eigenvalue weighted by Gasteiger charge is -2.50. The maximum Gasteiger partial charge on any atom is 0.106 e. The molecule has 4 heteroatoms. The average Bonchev–Trinajstić information content (AvgIpc) is 3.42. The molecule has 1 aromatic carbocycles. The Morgan fingerprint density at radius 1 is 1.21 bits per heavy atom. The van der Waals surface area contributed by atoms with E-state index in [0.717, 1.165) is 17.1 Å². The van der Waals surface area contributed by atoms with Gasteiger partial charge >= 0.3 is 0 Å². The van der Waals surface area contributed by atoms with Crippen LogP contribution in [0.3, 0.4) is 0 Å². The normalized spacial score (nSPS) is 30.0. The van der Waals surface area contributed by atoms with Gasteiger partial charge < -0.3 is 4.90 Å². The Hall–Kier alpha value is -1.35. The number of alkyl halides is 1. The minimum atomic E-state index is -0.749. The van der Waals surface area contributed by atoms with E-state index >= 15 is 0 Å². The van der Waals surface area contributed by atoms with Gasteiger partial charge in [0.1, 0.15) is 12.0 Å². The summed E-state index contributed by atoms with van der Waals surface area (Å²) in [5.41, 5.74) is 1.86. The molecule has 3 fully saturated rings. The summed E-state index contributed by atoms with van der Waals surface area (Å²) in [6.45, 7) is 4.47. The third-order valence-electron chi connectivity index (χ3n) is 5.71. The Balaban J connectivity index is 1.69.